The summed E-state index contributed by atoms with van der Waals surface area (Å²) in [6, 6.07) is -1.15. The average Bonchev–Trinajstić information content (AvgIpc) is 3.46. The number of likely N-dealkylation sites (tertiary alicyclic amines) is 1. The molecule has 52 heavy (non-hydrogen) atoms. The summed E-state index contributed by atoms with van der Waals surface area (Å²) in [4.78, 5) is 69.9. The SMILES string of the molecule is C=CCNC(=O)C(=O)C(CC1CC1)NC(=O)[C@@H]1[C@@H](C(C)(C)C)CCN1C(=O)[C@@H](NC(=O)N[C@H](CN(C)S(=O)(=O)c1cccs1)C(C)(C)C)C(C)(C)C. The fraction of sp³-hybridized carbons (Fsp3) is 0.703. The molecular formula is C37H60N6O7S2. The average molecular weight is 765 g/mol. The number of amides is 5. The van der Waals surface area contributed by atoms with Crippen molar-refractivity contribution in [1.82, 2.24) is 30.5 Å². The Hall–Kier alpha value is -3.30. The Balaban J connectivity index is 1.86. The number of rotatable bonds is 15. The highest BCUT2D eigenvalue weighted by Crippen LogP contribution is 2.40. The van der Waals surface area contributed by atoms with Crippen LogP contribution in [0.15, 0.2) is 34.4 Å². The number of urea groups is 1. The van der Waals surface area contributed by atoms with Crippen LogP contribution in [0.25, 0.3) is 0 Å². The minimum Gasteiger partial charge on any atom is -0.346 e. The van der Waals surface area contributed by atoms with Gasteiger partial charge in [-0.15, -0.1) is 17.9 Å². The molecule has 1 saturated carbocycles. The van der Waals surface area contributed by atoms with Gasteiger partial charge in [-0.3, -0.25) is 19.2 Å². The molecule has 0 bridgehead atoms. The molecule has 1 aliphatic carbocycles. The van der Waals surface area contributed by atoms with E-state index >= 15 is 0 Å². The van der Waals surface area contributed by atoms with Crippen LogP contribution in [-0.2, 0) is 29.2 Å². The van der Waals surface area contributed by atoms with Gasteiger partial charge in [0.2, 0.25) is 17.6 Å². The minimum absolute atomic E-state index is 0.0146. The first-order valence-electron chi connectivity index (χ1n) is 18.0. The van der Waals surface area contributed by atoms with Crippen molar-refractivity contribution in [2.24, 2.45) is 28.1 Å². The number of nitrogens with one attached hydrogen (secondary N) is 4. The van der Waals surface area contributed by atoms with Crippen LogP contribution in [0.3, 0.4) is 0 Å². The molecule has 1 saturated heterocycles. The van der Waals surface area contributed by atoms with Crippen LogP contribution < -0.4 is 21.3 Å². The summed E-state index contributed by atoms with van der Waals surface area (Å²) < 4.78 is 27.8. The molecule has 0 aromatic carbocycles. The maximum Gasteiger partial charge on any atom is 0.315 e. The predicted molar refractivity (Wildman–Crippen MR) is 203 cm³/mol. The number of hydrogen-bond acceptors (Lipinski definition) is 8. The van der Waals surface area contributed by atoms with Gasteiger partial charge in [0.05, 0.1) is 6.04 Å². The first-order valence-corrected chi connectivity index (χ1v) is 20.3. The molecule has 0 spiro atoms. The summed E-state index contributed by atoms with van der Waals surface area (Å²) in [6.45, 7) is 21.0. The fourth-order valence-electron chi connectivity index (χ4n) is 6.46. The fourth-order valence-corrected chi connectivity index (χ4v) is 8.84. The third kappa shape index (κ3) is 11.1. The number of sulfonamides is 1. The molecule has 15 heteroatoms. The highest BCUT2D eigenvalue weighted by Gasteiger charge is 2.50. The Kier molecular flexibility index (Phi) is 13.9. The van der Waals surface area contributed by atoms with Gasteiger partial charge in [0.25, 0.3) is 15.9 Å². The topological polar surface area (TPSA) is 174 Å². The van der Waals surface area contributed by atoms with Gasteiger partial charge in [-0.1, -0.05) is 87.3 Å². The van der Waals surface area contributed by atoms with Gasteiger partial charge in [0, 0.05) is 32.7 Å². The molecule has 1 aliphatic heterocycles. The lowest BCUT2D eigenvalue weighted by Gasteiger charge is -2.39. The zero-order valence-electron chi connectivity index (χ0n) is 32.5. The summed E-state index contributed by atoms with van der Waals surface area (Å²) in [5.41, 5.74) is -1.75. The molecule has 13 nitrogen and oxygen atoms in total. The van der Waals surface area contributed by atoms with Crippen molar-refractivity contribution >= 4 is 50.9 Å². The first kappa shape index (κ1) is 43.1. The van der Waals surface area contributed by atoms with Crippen LogP contribution in [0.2, 0.25) is 0 Å². The number of thiophene rings is 1. The maximum atomic E-state index is 14.5. The number of carbonyl (C=O) groups excluding carboxylic acids is 5. The Bertz CT molecular complexity index is 1570. The van der Waals surface area contributed by atoms with E-state index in [2.05, 4.69) is 27.8 Å². The summed E-state index contributed by atoms with van der Waals surface area (Å²) >= 11 is 1.11. The standard InChI is InChI=1S/C37H60N6O7S2/c1-12-18-38-32(46)29(44)25(21-23-15-16-23)39-31(45)28-24(35(2,3)4)17-19-43(28)33(47)30(37(8,9)10)41-34(48)40-26(36(5,6)7)22-42(11)52(49,50)27-14-13-20-51-27/h12-14,20,23-26,28,30H,1,15-19,21-22H2,2-11H3,(H,38,46)(H,39,45)(H2,40,41,48)/t24-,25?,26+,28-,30+/m0/s1. The monoisotopic (exact) mass is 764 g/mol. The van der Waals surface area contributed by atoms with E-state index in [0.717, 1.165) is 24.2 Å². The summed E-state index contributed by atoms with van der Waals surface area (Å²) in [6.07, 6.45) is 4.13. The van der Waals surface area contributed by atoms with E-state index in [-0.39, 0.29) is 35.7 Å². The number of likely N-dealkylation sites (N-methyl/N-ethyl adjacent to an activating group) is 1. The third-order valence-electron chi connectivity index (χ3n) is 9.93. The number of ketones is 1. The normalized spacial score (nSPS) is 20.1. The third-order valence-corrected chi connectivity index (χ3v) is 13.1. The van der Waals surface area contributed by atoms with Crippen LogP contribution in [0.1, 0.15) is 88.0 Å². The summed E-state index contributed by atoms with van der Waals surface area (Å²) in [7, 11) is -2.31. The van der Waals surface area contributed by atoms with E-state index in [4.69, 9.17) is 0 Å². The second-order valence-electron chi connectivity index (χ2n) is 17.4. The van der Waals surface area contributed by atoms with E-state index in [0.29, 0.717) is 12.8 Å². The van der Waals surface area contributed by atoms with Crippen LogP contribution in [-0.4, -0.2) is 98.0 Å². The van der Waals surface area contributed by atoms with Gasteiger partial charge in [-0.05, 0) is 52.4 Å². The second-order valence-corrected chi connectivity index (χ2v) is 20.6. The van der Waals surface area contributed by atoms with Crippen molar-refractivity contribution in [3.8, 4) is 0 Å². The zero-order chi connectivity index (χ0) is 39.4. The van der Waals surface area contributed by atoms with Crippen molar-refractivity contribution in [2.45, 2.75) is 116 Å². The molecule has 1 aromatic rings. The number of Topliss-reactive ketones (excluding diaryl/α,β-unsaturated/α-hetero) is 1. The molecule has 2 aliphatic rings. The van der Waals surface area contributed by atoms with Crippen molar-refractivity contribution < 1.29 is 32.4 Å². The molecule has 2 heterocycles. The Morgan fingerprint density at radius 3 is 2.12 bits per heavy atom. The molecule has 3 rings (SSSR count). The van der Waals surface area contributed by atoms with Gasteiger partial charge in [0.15, 0.2) is 0 Å². The quantitative estimate of drug-likeness (QED) is 0.155. The lowest BCUT2D eigenvalue weighted by Crippen LogP contribution is -2.62. The molecule has 4 N–H and O–H groups in total. The number of carbonyl (C=O) groups is 5. The highest BCUT2D eigenvalue weighted by molar-refractivity contribution is 7.91. The number of hydrogen-bond donors (Lipinski definition) is 4. The van der Waals surface area contributed by atoms with Gasteiger partial charge >= 0.3 is 6.03 Å². The minimum atomic E-state index is -3.78. The Labute approximate surface area is 314 Å². The smallest absolute Gasteiger partial charge is 0.315 e. The van der Waals surface area contributed by atoms with Crippen molar-refractivity contribution in [1.29, 1.82) is 0 Å². The number of nitrogens with zero attached hydrogens (tertiary/aromatic N) is 2. The van der Waals surface area contributed by atoms with Crippen molar-refractivity contribution in [2.75, 3.05) is 26.7 Å². The van der Waals surface area contributed by atoms with E-state index in [1.807, 2.05) is 62.3 Å². The van der Waals surface area contributed by atoms with Gasteiger partial charge < -0.3 is 26.2 Å². The Morgan fingerprint density at radius 1 is 0.981 bits per heavy atom. The van der Waals surface area contributed by atoms with Crippen LogP contribution in [0.4, 0.5) is 4.79 Å². The molecule has 5 atom stereocenters. The van der Waals surface area contributed by atoms with Gasteiger partial charge in [-0.2, -0.15) is 4.31 Å². The van der Waals surface area contributed by atoms with Crippen molar-refractivity contribution in [3.05, 3.63) is 30.2 Å². The molecule has 5 amide bonds. The Morgan fingerprint density at radius 2 is 1.62 bits per heavy atom. The molecule has 0 radical (unpaired) electrons. The van der Waals surface area contributed by atoms with E-state index in [1.165, 1.54) is 28.4 Å². The largest absolute Gasteiger partial charge is 0.346 e. The van der Waals surface area contributed by atoms with Gasteiger partial charge in [0.1, 0.15) is 16.3 Å². The lowest BCUT2D eigenvalue weighted by atomic mass is 9.75. The second kappa shape index (κ2) is 16.8. The van der Waals surface area contributed by atoms with E-state index in [1.54, 1.807) is 11.4 Å². The lowest BCUT2D eigenvalue weighted by molar-refractivity contribution is -0.145. The summed E-state index contributed by atoms with van der Waals surface area (Å²) in [5, 5.41) is 12.8. The van der Waals surface area contributed by atoms with E-state index < -0.39 is 80.0 Å². The van der Waals surface area contributed by atoms with E-state index in [9.17, 15) is 32.4 Å². The molecular weight excluding hydrogens is 705 g/mol. The van der Waals surface area contributed by atoms with Crippen molar-refractivity contribution in [3.63, 3.8) is 0 Å². The maximum absolute atomic E-state index is 14.5. The molecule has 2 fully saturated rings. The predicted octanol–water partition coefficient (Wildman–Crippen LogP) is 3.92. The summed E-state index contributed by atoms with van der Waals surface area (Å²) in [5.74, 6) is -2.55. The zero-order valence-corrected chi connectivity index (χ0v) is 34.1. The van der Waals surface area contributed by atoms with Gasteiger partial charge in [-0.25, -0.2) is 13.2 Å². The molecule has 292 valence electrons. The molecule has 1 unspecified atom stereocenters. The first-order chi connectivity index (χ1) is 23.9. The van der Waals surface area contributed by atoms with Crippen LogP contribution in [0.5, 0.6) is 0 Å². The highest BCUT2D eigenvalue weighted by atomic mass is 32.2. The van der Waals surface area contributed by atoms with Crippen LogP contribution >= 0.6 is 11.3 Å². The van der Waals surface area contributed by atoms with Crippen LogP contribution in [0, 0.1) is 28.1 Å². The molecule has 1 aromatic heterocycles.